The third-order valence-electron chi connectivity index (χ3n) is 7.23. The number of Topliss-reactive ketones (excluding diaryl/α,β-unsaturated/α-hetero) is 1. The van der Waals surface area contributed by atoms with E-state index in [9.17, 15) is 14.4 Å². The van der Waals surface area contributed by atoms with Gasteiger partial charge in [0.15, 0.2) is 5.78 Å². The molecule has 0 spiro atoms. The monoisotopic (exact) mass is 596 g/mol. The number of hydrogen-bond donors (Lipinski definition) is 0. The van der Waals surface area contributed by atoms with Gasteiger partial charge in [-0.25, -0.2) is 4.90 Å². The Kier molecular flexibility index (Phi) is 5.90. The van der Waals surface area contributed by atoms with E-state index in [2.05, 4.69) is 15.9 Å². The van der Waals surface area contributed by atoms with Crippen molar-refractivity contribution in [2.75, 3.05) is 16.9 Å². The number of para-hydroxylation sites is 1. The molecule has 0 radical (unpaired) electrons. The maximum Gasteiger partial charge on any atom is 0.240 e. The lowest BCUT2D eigenvalue weighted by atomic mass is 9.86. The Hall–Kier alpha value is -3.13. The number of ketones is 1. The molecular formula is C28H19BrCl2N2O4. The molecule has 9 heteroatoms. The average molecular weight is 598 g/mol. The summed E-state index contributed by atoms with van der Waals surface area (Å²) in [7, 11) is 1.55. The molecule has 186 valence electrons. The minimum Gasteiger partial charge on any atom is -0.496 e. The summed E-state index contributed by atoms with van der Waals surface area (Å²) in [4.78, 5) is 45.0. The van der Waals surface area contributed by atoms with Gasteiger partial charge < -0.3 is 9.64 Å². The molecule has 6 nitrogen and oxygen atoms in total. The number of anilines is 2. The van der Waals surface area contributed by atoms with Gasteiger partial charge in [-0.1, -0.05) is 53.6 Å². The Labute approximate surface area is 231 Å². The number of nitrogens with zero attached hydrogens (tertiary/aromatic N) is 2. The number of rotatable bonds is 4. The van der Waals surface area contributed by atoms with Crippen molar-refractivity contribution in [2.24, 2.45) is 11.8 Å². The first-order chi connectivity index (χ1) is 17.8. The third-order valence-corrected chi connectivity index (χ3v) is 8.28. The van der Waals surface area contributed by atoms with E-state index in [0.717, 1.165) is 16.2 Å². The molecule has 0 aliphatic carbocycles. The van der Waals surface area contributed by atoms with Crippen LogP contribution in [0.15, 0.2) is 71.2 Å². The Bertz CT molecular complexity index is 1500. The highest BCUT2D eigenvalue weighted by Gasteiger charge is 2.64. The normalized spacial score (nSPS) is 23.7. The lowest BCUT2D eigenvalue weighted by Crippen LogP contribution is -2.48. The molecule has 2 saturated heterocycles. The van der Waals surface area contributed by atoms with Gasteiger partial charge in [0.2, 0.25) is 11.8 Å². The molecular weight excluding hydrogens is 579 g/mol. The molecule has 2 fully saturated rings. The van der Waals surface area contributed by atoms with E-state index in [-0.39, 0.29) is 11.7 Å². The van der Waals surface area contributed by atoms with E-state index in [1.165, 1.54) is 18.2 Å². The van der Waals surface area contributed by atoms with Crippen LogP contribution in [0.5, 0.6) is 5.75 Å². The maximum atomic E-state index is 14.2. The number of fused-ring (bicyclic) bond motifs is 5. The van der Waals surface area contributed by atoms with Gasteiger partial charge in [0.1, 0.15) is 11.8 Å². The summed E-state index contributed by atoms with van der Waals surface area (Å²) in [6.07, 6.45) is 3.86. The van der Waals surface area contributed by atoms with Crippen molar-refractivity contribution in [1.82, 2.24) is 0 Å². The quantitative estimate of drug-likeness (QED) is 0.271. The summed E-state index contributed by atoms with van der Waals surface area (Å²) in [6.45, 7) is 0. The number of ether oxygens (including phenoxy) is 1. The molecule has 6 rings (SSSR count). The molecule has 3 aliphatic heterocycles. The highest BCUT2D eigenvalue weighted by molar-refractivity contribution is 9.10. The average Bonchev–Trinajstić information content (AvgIpc) is 3.35. The molecule has 3 heterocycles. The van der Waals surface area contributed by atoms with Gasteiger partial charge in [-0.3, -0.25) is 14.4 Å². The van der Waals surface area contributed by atoms with Crippen LogP contribution in [0.2, 0.25) is 10.0 Å². The molecule has 0 unspecified atom stereocenters. The van der Waals surface area contributed by atoms with E-state index < -0.39 is 29.8 Å². The maximum absolute atomic E-state index is 14.2. The smallest absolute Gasteiger partial charge is 0.240 e. The van der Waals surface area contributed by atoms with Crippen LogP contribution in [0.25, 0.3) is 6.08 Å². The number of halogens is 3. The lowest BCUT2D eigenvalue weighted by Gasteiger charge is -2.36. The van der Waals surface area contributed by atoms with E-state index in [4.69, 9.17) is 27.9 Å². The van der Waals surface area contributed by atoms with Crippen LogP contribution < -0.4 is 14.5 Å². The van der Waals surface area contributed by atoms with Crippen molar-refractivity contribution in [3.8, 4) is 5.75 Å². The van der Waals surface area contributed by atoms with E-state index in [1.54, 1.807) is 25.3 Å². The van der Waals surface area contributed by atoms with Crippen LogP contribution in [-0.2, 0) is 9.59 Å². The van der Waals surface area contributed by atoms with Crippen molar-refractivity contribution in [3.05, 3.63) is 92.4 Å². The summed E-state index contributed by atoms with van der Waals surface area (Å²) >= 11 is 15.8. The minimum absolute atomic E-state index is 0.252. The Balaban J connectivity index is 1.49. The van der Waals surface area contributed by atoms with Gasteiger partial charge in [0, 0.05) is 21.3 Å². The number of carbonyl (C=O) groups is 3. The van der Waals surface area contributed by atoms with Gasteiger partial charge in [-0.05, 0) is 64.0 Å². The highest BCUT2D eigenvalue weighted by Crippen LogP contribution is 2.50. The second-order valence-electron chi connectivity index (χ2n) is 9.17. The molecule has 37 heavy (non-hydrogen) atoms. The molecule has 3 aliphatic rings. The number of methoxy groups -OCH3 is 1. The van der Waals surface area contributed by atoms with E-state index >= 15 is 0 Å². The topological polar surface area (TPSA) is 66.9 Å². The summed E-state index contributed by atoms with van der Waals surface area (Å²) < 4.78 is 5.94. The van der Waals surface area contributed by atoms with Gasteiger partial charge >= 0.3 is 0 Å². The summed E-state index contributed by atoms with van der Waals surface area (Å²) in [5.74, 6) is -2.12. The van der Waals surface area contributed by atoms with Crippen LogP contribution in [0.3, 0.4) is 0 Å². The fourth-order valence-corrected chi connectivity index (χ4v) is 6.78. The number of benzene rings is 3. The summed E-state index contributed by atoms with van der Waals surface area (Å²) in [6, 6.07) is 16.0. The minimum atomic E-state index is -0.891. The summed E-state index contributed by atoms with van der Waals surface area (Å²) in [5.41, 5.74) is 2.44. The molecule has 4 atom stereocenters. The first-order valence-electron chi connectivity index (χ1n) is 11.6. The van der Waals surface area contributed by atoms with Crippen molar-refractivity contribution in [2.45, 2.75) is 12.1 Å². The molecule has 2 amide bonds. The van der Waals surface area contributed by atoms with E-state index in [0.29, 0.717) is 31.5 Å². The molecule has 0 N–H and O–H groups in total. The number of carbonyl (C=O) groups excluding carboxylic acids is 3. The fraction of sp³-hybridized carbons (Fsp3) is 0.179. The van der Waals surface area contributed by atoms with Crippen LogP contribution in [-0.4, -0.2) is 36.8 Å². The zero-order valence-corrected chi connectivity index (χ0v) is 22.5. The van der Waals surface area contributed by atoms with Crippen molar-refractivity contribution < 1.29 is 19.1 Å². The largest absolute Gasteiger partial charge is 0.496 e. The van der Waals surface area contributed by atoms with Gasteiger partial charge in [-0.2, -0.15) is 0 Å². The predicted molar refractivity (Wildman–Crippen MR) is 146 cm³/mol. The number of hydrogen-bond acceptors (Lipinski definition) is 5. The zero-order chi connectivity index (χ0) is 26.0. The third kappa shape index (κ3) is 3.71. The zero-order valence-electron chi connectivity index (χ0n) is 19.4. The standard InChI is InChI=1S/C28H19BrCl2N2O4/c1-37-22-9-7-15(10-19(22)29)26(34)25-24-23(21-8-6-14-4-2-3-5-20(14)33(21)25)27(35)32(28(24)36)18-12-16(30)11-17(31)13-18/h2-13,21,23-25H,1H3/t21-,23-,24+,25-/m1/s1. The van der Waals surface area contributed by atoms with Crippen LogP contribution in [0.4, 0.5) is 11.4 Å². The Morgan fingerprint density at radius 1 is 0.946 bits per heavy atom. The highest BCUT2D eigenvalue weighted by atomic mass is 79.9. The second-order valence-corrected chi connectivity index (χ2v) is 10.9. The molecule has 3 aromatic carbocycles. The van der Waals surface area contributed by atoms with Crippen molar-refractivity contribution in [3.63, 3.8) is 0 Å². The SMILES string of the molecule is COc1ccc(C(=O)[C@H]2[C@H]3C(=O)N(c4cc(Cl)cc(Cl)c4)C(=O)[C@@H]3[C@H]3C=Cc4ccccc4N32)cc1Br. The van der Waals surface area contributed by atoms with Crippen molar-refractivity contribution >= 4 is 74.2 Å². The van der Waals surface area contributed by atoms with E-state index in [1.807, 2.05) is 41.3 Å². The van der Waals surface area contributed by atoms with Gasteiger partial charge in [-0.15, -0.1) is 0 Å². The lowest BCUT2D eigenvalue weighted by molar-refractivity contribution is -0.122. The van der Waals surface area contributed by atoms with Crippen molar-refractivity contribution in [1.29, 1.82) is 0 Å². The predicted octanol–water partition coefficient (Wildman–Crippen LogP) is 6.04. The Morgan fingerprint density at radius 2 is 1.65 bits per heavy atom. The van der Waals surface area contributed by atoms with Crippen LogP contribution in [0.1, 0.15) is 15.9 Å². The number of amides is 2. The fourth-order valence-electron chi connectivity index (χ4n) is 5.73. The first kappa shape index (κ1) is 24.2. The van der Waals surface area contributed by atoms with Gasteiger partial charge in [0.05, 0.1) is 35.1 Å². The van der Waals surface area contributed by atoms with Crippen LogP contribution in [0, 0.1) is 11.8 Å². The van der Waals surface area contributed by atoms with Crippen LogP contribution >= 0.6 is 39.1 Å². The first-order valence-corrected chi connectivity index (χ1v) is 13.1. The second kappa shape index (κ2) is 9.01. The molecule has 0 bridgehead atoms. The molecule has 3 aromatic rings. The molecule has 0 saturated carbocycles. The Morgan fingerprint density at radius 3 is 2.35 bits per heavy atom. The number of imide groups is 1. The molecule has 0 aromatic heterocycles. The summed E-state index contributed by atoms with van der Waals surface area (Å²) in [5, 5.41) is 0.618. The van der Waals surface area contributed by atoms with Gasteiger partial charge in [0.25, 0.3) is 0 Å².